The number of hydrogen-bond donors (Lipinski definition) is 2. The fourth-order valence-electron chi connectivity index (χ4n) is 12.8. The number of carbonyl (C=O) groups is 3. The number of aromatic nitrogens is 2. The van der Waals surface area contributed by atoms with Gasteiger partial charge in [0, 0.05) is 64.3 Å². The molecule has 11 atom stereocenters. The predicted octanol–water partition coefficient (Wildman–Crippen LogP) is 6.14. The number of para-hydroxylation sites is 1. The van der Waals surface area contributed by atoms with Crippen LogP contribution in [0.3, 0.4) is 0 Å². The topological polar surface area (TPSA) is 117 Å². The minimum atomic E-state index is -0.926. The molecule has 0 spiro atoms. The molecule has 1 unspecified atom stereocenters. The van der Waals surface area contributed by atoms with Gasteiger partial charge in [-0.05, 0) is 92.1 Å². The lowest BCUT2D eigenvalue weighted by atomic mass is 9.54. The van der Waals surface area contributed by atoms with Crippen molar-refractivity contribution in [1.82, 2.24) is 19.8 Å². The summed E-state index contributed by atoms with van der Waals surface area (Å²) in [4.78, 5) is 53.7. The van der Waals surface area contributed by atoms with Gasteiger partial charge in [-0.15, -0.1) is 0 Å². The van der Waals surface area contributed by atoms with Crippen LogP contribution in [0.25, 0.3) is 21.8 Å². The molecule has 1 saturated carbocycles. The third-order valence-corrected chi connectivity index (χ3v) is 15.0. The first-order valence-corrected chi connectivity index (χ1v) is 20.1. The average Bonchev–Trinajstić information content (AvgIpc) is 3.72. The number of fused-ring (bicyclic) bond motifs is 9. The molecule has 0 amide bonds. The van der Waals surface area contributed by atoms with Gasteiger partial charge in [-0.1, -0.05) is 44.9 Å². The average molecular weight is 735 g/mol. The van der Waals surface area contributed by atoms with Crippen molar-refractivity contribution in [1.29, 1.82) is 0 Å². The van der Waals surface area contributed by atoms with E-state index in [-0.39, 0.29) is 59.7 Å². The van der Waals surface area contributed by atoms with E-state index in [9.17, 15) is 14.4 Å². The van der Waals surface area contributed by atoms with Crippen LogP contribution in [0.1, 0.15) is 79.9 Å². The molecule has 2 aromatic carbocycles. The van der Waals surface area contributed by atoms with Gasteiger partial charge in [-0.2, -0.15) is 0 Å². The summed E-state index contributed by atoms with van der Waals surface area (Å²) in [5.41, 5.74) is 6.68. The number of H-pyrrole nitrogens is 2. The number of piperidine rings is 3. The van der Waals surface area contributed by atoms with E-state index in [1.807, 2.05) is 0 Å². The Balaban J connectivity index is 1.31. The molecule has 0 radical (unpaired) electrons. The summed E-state index contributed by atoms with van der Waals surface area (Å²) < 4.78 is 17.7. The lowest BCUT2D eigenvalue weighted by Gasteiger charge is -2.60. The normalized spacial score (nSPS) is 34.3. The Bertz CT molecular complexity index is 2140. The molecule has 54 heavy (non-hydrogen) atoms. The summed E-state index contributed by atoms with van der Waals surface area (Å²) >= 11 is 0. The number of likely N-dealkylation sites (N-methyl/N-ethyl adjacent to an activating group) is 1. The minimum absolute atomic E-state index is 0.00897. The van der Waals surface area contributed by atoms with Crippen molar-refractivity contribution in [3.05, 3.63) is 64.5 Å². The SMILES string of the molecule is CC[C@@H]1CN(C)[C@H]2Cc3c([nH]c4ccccc34)[C@@H](c3c(OC)ccc4c5c([nH]c34)[C@]3(C(=O)OC)C[C@H]4C[C@H](CC)[C@@H]3N(CC5)[C@H]4C=O)C[C@@H]1[C@@H]2C(=O)OC. The molecule has 4 fully saturated rings. The Morgan fingerprint density at radius 1 is 0.963 bits per heavy atom. The van der Waals surface area contributed by atoms with Crippen LogP contribution in [0.4, 0.5) is 0 Å². The molecular weight excluding hydrogens is 681 g/mol. The molecule has 6 aliphatic rings. The van der Waals surface area contributed by atoms with Crippen LogP contribution >= 0.6 is 0 Å². The zero-order chi connectivity index (χ0) is 37.6. The summed E-state index contributed by atoms with van der Waals surface area (Å²) in [6.07, 6.45) is 6.71. The number of aldehydes is 1. The summed E-state index contributed by atoms with van der Waals surface area (Å²) in [5.74, 6) is 0.730. The van der Waals surface area contributed by atoms with Gasteiger partial charge >= 0.3 is 11.9 Å². The summed E-state index contributed by atoms with van der Waals surface area (Å²) in [7, 11) is 6.94. The number of esters is 2. The predicted molar refractivity (Wildman–Crippen MR) is 207 cm³/mol. The quantitative estimate of drug-likeness (QED) is 0.172. The van der Waals surface area contributed by atoms with E-state index < -0.39 is 5.41 Å². The van der Waals surface area contributed by atoms with Crippen molar-refractivity contribution >= 4 is 40.0 Å². The van der Waals surface area contributed by atoms with Crippen LogP contribution in [0.15, 0.2) is 36.4 Å². The summed E-state index contributed by atoms with van der Waals surface area (Å²) in [5, 5.41) is 2.26. The summed E-state index contributed by atoms with van der Waals surface area (Å²) in [6.45, 7) is 6.07. The summed E-state index contributed by atoms with van der Waals surface area (Å²) in [6, 6.07) is 12.4. The van der Waals surface area contributed by atoms with Gasteiger partial charge in [0.1, 0.15) is 17.5 Å². The highest BCUT2D eigenvalue weighted by atomic mass is 16.5. The molecule has 6 bridgehead atoms. The van der Waals surface area contributed by atoms with Crippen molar-refractivity contribution in [2.75, 3.05) is 41.5 Å². The fourth-order valence-corrected chi connectivity index (χ4v) is 12.8. The van der Waals surface area contributed by atoms with E-state index in [1.54, 1.807) is 7.11 Å². The molecular formula is C44H54N4O6. The van der Waals surface area contributed by atoms with Crippen molar-refractivity contribution in [2.24, 2.45) is 29.6 Å². The second-order valence-electron chi connectivity index (χ2n) is 16.9. The number of methoxy groups -OCH3 is 3. The van der Waals surface area contributed by atoms with E-state index in [4.69, 9.17) is 14.2 Å². The number of nitrogens with one attached hydrogen (secondary N) is 2. The van der Waals surface area contributed by atoms with Gasteiger partial charge in [0.25, 0.3) is 0 Å². The highest BCUT2D eigenvalue weighted by Crippen LogP contribution is 2.58. The lowest BCUT2D eigenvalue weighted by molar-refractivity contribution is -0.169. The van der Waals surface area contributed by atoms with Gasteiger partial charge < -0.3 is 33.9 Å². The van der Waals surface area contributed by atoms with Crippen LogP contribution in [0.2, 0.25) is 0 Å². The third kappa shape index (κ3) is 4.80. The van der Waals surface area contributed by atoms with Crippen molar-refractivity contribution in [3.8, 4) is 5.75 Å². The van der Waals surface area contributed by atoms with Crippen LogP contribution in [0.5, 0.6) is 5.75 Å². The number of benzene rings is 2. The molecule has 286 valence electrons. The zero-order valence-corrected chi connectivity index (χ0v) is 32.4. The molecule has 6 heterocycles. The standard InChI is InChI=1S/C44H54N4O6/c1-7-23-17-25-20-44(43(51)54-6)40-28(15-16-48(41(23)44)34(25)22-49)27-13-14-35(52-4)37(39(27)46-40)31-18-29-24(8-2)21-47(3)33(36(29)42(50)53-5)19-30-26-11-9-10-12-32(26)45-38(30)31/h9-14,22-25,29,31,33-34,36,41,45-46H,7-8,15-21H2,1-6H3/t23-,24+,25+,29-,31+,33-,34-,36-,41-,44+/m0/s1. The maximum atomic E-state index is 14.5. The number of rotatable bonds is 7. The number of hydrogen-bond acceptors (Lipinski definition) is 8. The lowest BCUT2D eigenvalue weighted by Crippen LogP contribution is -2.71. The van der Waals surface area contributed by atoms with Crippen molar-refractivity contribution in [3.63, 3.8) is 0 Å². The monoisotopic (exact) mass is 734 g/mol. The molecule has 10 heteroatoms. The molecule has 2 aromatic heterocycles. The molecule has 4 aromatic rings. The maximum absolute atomic E-state index is 14.5. The van der Waals surface area contributed by atoms with Gasteiger partial charge in [0.05, 0.1) is 38.8 Å². The van der Waals surface area contributed by atoms with E-state index in [0.29, 0.717) is 25.3 Å². The molecule has 3 saturated heterocycles. The Morgan fingerprint density at radius 3 is 2.48 bits per heavy atom. The first-order chi connectivity index (χ1) is 26.2. The van der Waals surface area contributed by atoms with E-state index in [0.717, 1.165) is 83.9 Å². The largest absolute Gasteiger partial charge is 0.496 e. The van der Waals surface area contributed by atoms with Crippen LogP contribution in [0, 0.1) is 29.6 Å². The Morgan fingerprint density at radius 2 is 1.76 bits per heavy atom. The van der Waals surface area contributed by atoms with Crippen molar-refractivity contribution < 1.29 is 28.6 Å². The van der Waals surface area contributed by atoms with E-state index in [1.165, 1.54) is 30.9 Å². The Labute approximate surface area is 317 Å². The van der Waals surface area contributed by atoms with Crippen LogP contribution in [-0.4, -0.2) is 97.6 Å². The minimum Gasteiger partial charge on any atom is -0.496 e. The van der Waals surface area contributed by atoms with Gasteiger partial charge in [-0.25, -0.2) is 0 Å². The van der Waals surface area contributed by atoms with Crippen LogP contribution in [-0.2, 0) is 42.1 Å². The maximum Gasteiger partial charge on any atom is 0.319 e. The van der Waals surface area contributed by atoms with Gasteiger partial charge in [0.15, 0.2) is 0 Å². The highest BCUT2D eigenvalue weighted by Gasteiger charge is 2.65. The van der Waals surface area contributed by atoms with E-state index >= 15 is 0 Å². The molecule has 2 aliphatic carbocycles. The van der Waals surface area contributed by atoms with Gasteiger partial charge in [0.2, 0.25) is 0 Å². The zero-order valence-electron chi connectivity index (χ0n) is 32.4. The Hall–Kier alpha value is -4.15. The first kappa shape index (κ1) is 35.5. The number of carbonyl (C=O) groups excluding carboxylic acids is 3. The molecule has 10 rings (SSSR count). The Kier molecular flexibility index (Phi) is 8.73. The fraction of sp³-hybridized carbons (Fsp3) is 0.568. The number of aromatic amines is 2. The second kappa shape index (κ2) is 13.3. The first-order valence-electron chi connectivity index (χ1n) is 20.1. The van der Waals surface area contributed by atoms with Crippen molar-refractivity contribution in [2.45, 2.75) is 88.3 Å². The highest BCUT2D eigenvalue weighted by molar-refractivity contribution is 5.95. The number of ether oxygens (including phenoxy) is 3. The number of likely N-dealkylation sites (tertiary alicyclic amines) is 1. The molecule has 2 N–H and O–H groups in total. The molecule has 4 aliphatic heterocycles. The number of nitrogens with zero attached hydrogens (tertiary/aromatic N) is 2. The second-order valence-corrected chi connectivity index (χ2v) is 16.9. The van der Waals surface area contributed by atoms with E-state index in [2.05, 4.69) is 77.1 Å². The molecule has 10 nitrogen and oxygen atoms in total. The third-order valence-electron chi connectivity index (χ3n) is 15.0. The van der Waals surface area contributed by atoms with Crippen LogP contribution < -0.4 is 4.74 Å². The van der Waals surface area contributed by atoms with Gasteiger partial charge in [-0.3, -0.25) is 14.5 Å². The smallest absolute Gasteiger partial charge is 0.319 e.